The number of hydrogen-bond acceptors (Lipinski definition) is 4. The average molecular weight is 286 g/mol. The van der Waals surface area contributed by atoms with Crippen molar-refractivity contribution in [3.63, 3.8) is 0 Å². The summed E-state index contributed by atoms with van der Waals surface area (Å²) in [6, 6.07) is 4.71. The van der Waals surface area contributed by atoms with Gasteiger partial charge in [0.25, 0.3) is 0 Å². The van der Waals surface area contributed by atoms with E-state index in [-0.39, 0.29) is 5.02 Å². The summed E-state index contributed by atoms with van der Waals surface area (Å²) in [4.78, 5) is 6.24. The Morgan fingerprint density at radius 1 is 1.58 bits per heavy atom. The summed E-state index contributed by atoms with van der Waals surface area (Å²) < 4.78 is 18.4. The predicted octanol–water partition coefficient (Wildman–Crippen LogP) is 1.97. The Bertz CT molecular complexity index is 509. The number of rotatable bonds is 4. The number of aliphatic imine (C=N–C) groups is 1. The predicted molar refractivity (Wildman–Crippen MR) is 73.8 cm³/mol. The van der Waals surface area contributed by atoms with Crippen LogP contribution < -0.4 is 5.73 Å². The standard InChI is InChI=1S/C13H17ClFN3O/c1-13(9-3-4-11(15)10(14)7-9)8-17-12(16)18(13)5-6-19-2/h3-4,7H,5-6,8H2,1-2H3,(H2,16,17). The van der Waals surface area contributed by atoms with E-state index in [0.29, 0.717) is 25.7 Å². The molecule has 4 nitrogen and oxygen atoms in total. The van der Waals surface area contributed by atoms with Crippen molar-refractivity contribution < 1.29 is 9.13 Å². The Kier molecular flexibility index (Phi) is 3.96. The van der Waals surface area contributed by atoms with E-state index < -0.39 is 11.4 Å². The number of benzene rings is 1. The normalized spacial score (nSPS) is 22.7. The van der Waals surface area contributed by atoms with Gasteiger partial charge in [0.1, 0.15) is 5.82 Å². The molecule has 1 heterocycles. The highest BCUT2D eigenvalue weighted by Gasteiger charge is 2.39. The minimum atomic E-state index is -0.427. The summed E-state index contributed by atoms with van der Waals surface area (Å²) in [6.45, 7) is 3.69. The molecule has 0 spiro atoms. The zero-order valence-electron chi connectivity index (χ0n) is 11.0. The summed E-state index contributed by atoms with van der Waals surface area (Å²) in [5.74, 6) is 0.0457. The third-order valence-corrected chi connectivity index (χ3v) is 3.77. The lowest BCUT2D eigenvalue weighted by molar-refractivity contribution is 0.137. The van der Waals surface area contributed by atoms with E-state index in [2.05, 4.69) is 4.99 Å². The van der Waals surface area contributed by atoms with Crippen LogP contribution >= 0.6 is 11.6 Å². The first-order chi connectivity index (χ1) is 8.99. The molecule has 0 radical (unpaired) electrons. The van der Waals surface area contributed by atoms with Crippen molar-refractivity contribution in [3.8, 4) is 0 Å². The van der Waals surface area contributed by atoms with Crippen LogP contribution in [0.4, 0.5) is 4.39 Å². The Morgan fingerprint density at radius 3 is 2.95 bits per heavy atom. The molecular weight excluding hydrogens is 269 g/mol. The van der Waals surface area contributed by atoms with E-state index in [9.17, 15) is 4.39 Å². The highest BCUT2D eigenvalue weighted by molar-refractivity contribution is 6.30. The lowest BCUT2D eigenvalue weighted by Gasteiger charge is -2.36. The molecule has 0 aromatic heterocycles. The molecule has 0 saturated heterocycles. The Balaban J connectivity index is 2.32. The zero-order valence-corrected chi connectivity index (χ0v) is 11.7. The number of methoxy groups -OCH3 is 1. The van der Waals surface area contributed by atoms with Crippen LogP contribution in [0.2, 0.25) is 5.02 Å². The van der Waals surface area contributed by atoms with Crippen LogP contribution in [0.1, 0.15) is 12.5 Å². The van der Waals surface area contributed by atoms with Crippen LogP contribution in [0, 0.1) is 5.82 Å². The fourth-order valence-electron chi connectivity index (χ4n) is 2.28. The van der Waals surface area contributed by atoms with Gasteiger partial charge in [0.05, 0.1) is 23.7 Å². The van der Waals surface area contributed by atoms with Crippen LogP contribution in [0.5, 0.6) is 0 Å². The monoisotopic (exact) mass is 285 g/mol. The maximum absolute atomic E-state index is 13.3. The summed E-state index contributed by atoms with van der Waals surface area (Å²) in [6.07, 6.45) is 0. The van der Waals surface area contributed by atoms with E-state index in [0.717, 1.165) is 5.56 Å². The molecular formula is C13H17ClFN3O. The number of nitrogens with two attached hydrogens (primary N) is 1. The van der Waals surface area contributed by atoms with Crippen LogP contribution in [-0.4, -0.2) is 37.7 Å². The van der Waals surface area contributed by atoms with Crippen LogP contribution in [0.3, 0.4) is 0 Å². The van der Waals surface area contributed by atoms with Gasteiger partial charge < -0.3 is 15.4 Å². The minimum Gasteiger partial charge on any atom is -0.383 e. The molecule has 104 valence electrons. The van der Waals surface area contributed by atoms with Crippen molar-refractivity contribution in [3.05, 3.63) is 34.6 Å². The molecule has 2 rings (SSSR count). The molecule has 19 heavy (non-hydrogen) atoms. The lowest BCUT2D eigenvalue weighted by atomic mass is 9.91. The second-order valence-corrected chi connectivity index (χ2v) is 5.13. The van der Waals surface area contributed by atoms with E-state index in [1.54, 1.807) is 19.2 Å². The fraction of sp³-hybridized carbons (Fsp3) is 0.462. The van der Waals surface area contributed by atoms with Crippen LogP contribution in [0.15, 0.2) is 23.2 Å². The van der Waals surface area contributed by atoms with Gasteiger partial charge in [-0.05, 0) is 24.6 Å². The molecule has 0 saturated carbocycles. The second kappa shape index (κ2) is 5.35. The molecule has 1 aromatic carbocycles. The summed E-state index contributed by atoms with van der Waals surface area (Å²) in [5, 5.41) is 0.107. The Labute approximate surface area is 117 Å². The molecule has 1 unspecified atom stereocenters. The molecule has 1 atom stereocenters. The van der Waals surface area contributed by atoms with Crippen molar-refractivity contribution in [1.82, 2.24) is 4.90 Å². The van der Waals surface area contributed by atoms with Gasteiger partial charge >= 0.3 is 0 Å². The third kappa shape index (κ3) is 2.53. The molecule has 0 bridgehead atoms. The van der Waals surface area contributed by atoms with Crippen molar-refractivity contribution >= 4 is 17.6 Å². The molecule has 1 aromatic rings. The maximum Gasteiger partial charge on any atom is 0.192 e. The maximum atomic E-state index is 13.3. The highest BCUT2D eigenvalue weighted by Crippen LogP contribution is 2.34. The van der Waals surface area contributed by atoms with Gasteiger partial charge in [0.2, 0.25) is 0 Å². The fourth-order valence-corrected chi connectivity index (χ4v) is 2.46. The molecule has 0 fully saturated rings. The highest BCUT2D eigenvalue weighted by atomic mass is 35.5. The molecule has 1 aliphatic rings. The van der Waals surface area contributed by atoms with Gasteiger partial charge in [0, 0.05) is 13.7 Å². The van der Waals surface area contributed by atoms with Crippen molar-refractivity contribution in [1.29, 1.82) is 0 Å². The van der Waals surface area contributed by atoms with Gasteiger partial charge in [-0.25, -0.2) is 4.39 Å². The van der Waals surface area contributed by atoms with Gasteiger partial charge in [-0.1, -0.05) is 17.7 Å². The first kappa shape index (κ1) is 14.1. The largest absolute Gasteiger partial charge is 0.383 e. The van der Waals surface area contributed by atoms with E-state index >= 15 is 0 Å². The summed E-state index contributed by atoms with van der Waals surface area (Å²) >= 11 is 5.86. The molecule has 2 N–H and O–H groups in total. The van der Waals surface area contributed by atoms with Gasteiger partial charge in [0.15, 0.2) is 5.96 Å². The van der Waals surface area contributed by atoms with Gasteiger partial charge in [-0.15, -0.1) is 0 Å². The zero-order chi connectivity index (χ0) is 14.0. The first-order valence-corrected chi connectivity index (χ1v) is 6.39. The van der Waals surface area contributed by atoms with Crippen molar-refractivity contribution in [2.24, 2.45) is 10.7 Å². The SMILES string of the molecule is COCCN1C(N)=NCC1(C)c1ccc(F)c(Cl)c1. The molecule has 6 heteroatoms. The smallest absolute Gasteiger partial charge is 0.192 e. The van der Waals surface area contributed by atoms with Gasteiger partial charge in [-0.3, -0.25) is 4.99 Å². The number of guanidine groups is 1. The number of ether oxygens (including phenoxy) is 1. The number of halogens is 2. The summed E-state index contributed by atoms with van der Waals surface area (Å²) in [5.41, 5.74) is 6.39. The average Bonchev–Trinajstić information content (AvgIpc) is 2.67. The topological polar surface area (TPSA) is 50.9 Å². The summed E-state index contributed by atoms with van der Waals surface area (Å²) in [7, 11) is 1.63. The van der Waals surface area contributed by atoms with E-state index in [1.807, 2.05) is 11.8 Å². The first-order valence-electron chi connectivity index (χ1n) is 6.01. The second-order valence-electron chi connectivity index (χ2n) is 4.72. The minimum absolute atomic E-state index is 0.107. The van der Waals surface area contributed by atoms with E-state index in [1.165, 1.54) is 6.07 Å². The third-order valence-electron chi connectivity index (χ3n) is 3.48. The number of nitrogens with zero attached hydrogens (tertiary/aromatic N) is 2. The van der Waals surface area contributed by atoms with Crippen molar-refractivity contribution in [2.45, 2.75) is 12.5 Å². The Hall–Kier alpha value is -1.33. The molecule has 1 aliphatic heterocycles. The van der Waals surface area contributed by atoms with Crippen LogP contribution in [0.25, 0.3) is 0 Å². The number of hydrogen-bond donors (Lipinski definition) is 1. The van der Waals surface area contributed by atoms with E-state index in [4.69, 9.17) is 22.1 Å². The quantitative estimate of drug-likeness (QED) is 0.920. The molecule has 0 aliphatic carbocycles. The van der Waals surface area contributed by atoms with Crippen molar-refractivity contribution in [2.75, 3.05) is 26.8 Å². The Morgan fingerprint density at radius 2 is 2.32 bits per heavy atom. The lowest BCUT2D eigenvalue weighted by Crippen LogP contribution is -2.48. The molecule has 0 amide bonds. The van der Waals surface area contributed by atoms with Gasteiger partial charge in [-0.2, -0.15) is 0 Å². The van der Waals surface area contributed by atoms with Crippen LogP contribution in [-0.2, 0) is 10.3 Å².